The second-order valence-corrected chi connectivity index (χ2v) is 4.14. The van der Waals surface area contributed by atoms with Gasteiger partial charge in [-0.15, -0.1) is 0 Å². The minimum absolute atomic E-state index is 0.302. The van der Waals surface area contributed by atoms with Gasteiger partial charge in [-0.1, -0.05) is 35.0 Å². The number of urea groups is 1. The normalized spacial score (nSPS) is 10.3. The summed E-state index contributed by atoms with van der Waals surface area (Å²) in [6.07, 6.45) is 0. The largest absolute Gasteiger partial charge is 0.359 e. The summed E-state index contributed by atoms with van der Waals surface area (Å²) in [4.78, 5) is 11.5. The van der Waals surface area contributed by atoms with Gasteiger partial charge in [0.1, 0.15) is 11.4 Å². The Morgan fingerprint density at radius 1 is 1.47 bits per heavy atom. The summed E-state index contributed by atoms with van der Waals surface area (Å²) < 4.78 is 5.07. The molecular formula is C11H12ClN5O2. The molecule has 0 atom stereocenters. The molecule has 0 spiro atoms. The molecule has 2 aromatic rings. The van der Waals surface area contributed by atoms with E-state index in [0.29, 0.717) is 27.7 Å². The number of carbonyl (C=O) groups excluding carboxylic acids is 1. The SMILES string of the molecule is Cc1onc(-c2ccccc2Cl)c1N(N)C(=O)NN. The van der Waals surface area contributed by atoms with E-state index in [9.17, 15) is 4.79 Å². The number of nitrogens with zero attached hydrogens (tertiary/aromatic N) is 2. The second kappa shape index (κ2) is 5.27. The molecule has 2 rings (SSSR count). The molecule has 0 saturated carbocycles. The molecule has 2 amide bonds. The van der Waals surface area contributed by atoms with Gasteiger partial charge in [0, 0.05) is 5.56 Å². The summed E-state index contributed by atoms with van der Waals surface area (Å²) in [6.45, 7) is 1.63. The zero-order valence-electron chi connectivity index (χ0n) is 10.1. The van der Waals surface area contributed by atoms with Crippen LogP contribution >= 0.6 is 11.6 Å². The minimum Gasteiger partial charge on any atom is -0.359 e. The number of aryl methyl sites for hydroxylation is 1. The van der Waals surface area contributed by atoms with Gasteiger partial charge in [-0.05, 0) is 13.0 Å². The third-order valence-electron chi connectivity index (χ3n) is 2.54. The monoisotopic (exact) mass is 281 g/mol. The van der Waals surface area contributed by atoms with Crippen molar-refractivity contribution in [1.29, 1.82) is 0 Å². The first-order valence-electron chi connectivity index (χ1n) is 5.32. The van der Waals surface area contributed by atoms with Crippen LogP contribution in [-0.2, 0) is 0 Å². The van der Waals surface area contributed by atoms with Gasteiger partial charge >= 0.3 is 6.03 Å². The number of hydrogen-bond acceptors (Lipinski definition) is 5. The van der Waals surface area contributed by atoms with Crippen molar-refractivity contribution < 1.29 is 9.32 Å². The van der Waals surface area contributed by atoms with Crippen molar-refractivity contribution in [2.24, 2.45) is 11.7 Å². The first-order valence-corrected chi connectivity index (χ1v) is 5.70. The Kier molecular flexibility index (Phi) is 3.70. The van der Waals surface area contributed by atoms with E-state index < -0.39 is 6.03 Å². The van der Waals surface area contributed by atoms with Gasteiger partial charge in [0.05, 0.1) is 5.02 Å². The van der Waals surface area contributed by atoms with Gasteiger partial charge in [-0.25, -0.2) is 21.5 Å². The number of nitrogens with two attached hydrogens (primary N) is 2. The molecule has 19 heavy (non-hydrogen) atoms. The summed E-state index contributed by atoms with van der Waals surface area (Å²) in [5, 5.41) is 5.18. The highest BCUT2D eigenvalue weighted by Crippen LogP contribution is 2.35. The summed E-state index contributed by atoms with van der Waals surface area (Å²) in [6, 6.07) is 6.33. The predicted octanol–water partition coefficient (Wildman–Crippen LogP) is 1.57. The molecule has 0 unspecified atom stereocenters. The van der Waals surface area contributed by atoms with Crippen LogP contribution in [0.2, 0.25) is 5.02 Å². The van der Waals surface area contributed by atoms with Gasteiger partial charge in [-0.3, -0.25) is 5.43 Å². The Morgan fingerprint density at radius 2 is 2.16 bits per heavy atom. The van der Waals surface area contributed by atoms with Crippen LogP contribution < -0.4 is 22.1 Å². The van der Waals surface area contributed by atoms with E-state index in [1.165, 1.54) is 0 Å². The van der Waals surface area contributed by atoms with E-state index >= 15 is 0 Å². The molecule has 1 aromatic carbocycles. The van der Waals surface area contributed by atoms with Crippen LogP contribution in [0.25, 0.3) is 11.3 Å². The van der Waals surface area contributed by atoms with Crippen LogP contribution in [-0.4, -0.2) is 11.2 Å². The number of amides is 2. The minimum atomic E-state index is -0.695. The molecule has 0 fully saturated rings. The van der Waals surface area contributed by atoms with E-state index in [1.807, 2.05) is 5.43 Å². The van der Waals surface area contributed by atoms with Crippen molar-refractivity contribution in [2.75, 3.05) is 5.01 Å². The van der Waals surface area contributed by atoms with Gasteiger partial charge in [0.2, 0.25) is 0 Å². The lowest BCUT2D eigenvalue weighted by Gasteiger charge is -2.15. The number of aromatic nitrogens is 1. The van der Waals surface area contributed by atoms with Crippen molar-refractivity contribution in [2.45, 2.75) is 6.92 Å². The van der Waals surface area contributed by atoms with E-state index in [2.05, 4.69) is 5.16 Å². The fourth-order valence-electron chi connectivity index (χ4n) is 1.65. The molecule has 8 heteroatoms. The molecule has 1 aromatic heterocycles. The van der Waals surface area contributed by atoms with Crippen LogP contribution in [0, 0.1) is 6.92 Å². The quantitative estimate of drug-likeness (QED) is 0.439. The number of nitrogens with one attached hydrogen (secondary N) is 1. The Bertz CT molecular complexity index is 613. The van der Waals surface area contributed by atoms with Gasteiger partial charge < -0.3 is 4.52 Å². The van der Waals surface area contributed by atoms with Crippen molar-refractivity contribution >= 4 is 23.3 Å². The number of rotatable bonds is 2. The lowest BCUT2D eigenvalue weighted by Crippen LogP contribution is -2.48. The summed E-state index contributed by atoms with van der Waals surface area (Å²) in [7, 11) is 0. The Hall–Kier alpha value is -2.09. The van der Waals surface area contributed by atoms with Crippen molar-refractivity contribution in [3.8, 4) is 11.3 Å². The third-order valence-corrected chi connectivity index (χ3v) is 2.87. The Labute approximate surface area is 114 Å². The van der Waals surface area contributed by atoms with Crippen LogP contribution in [0.1, 0.15) is 5.76 Å². The van der Waals surface area contributed by atoms with E-state index in [4.69, 9.17) is 27.8 Å². The number of anilines is 1. The molecule has 0 aliphatic carbocycles. The maximum atomic E-state index is 11.5. The first kappa shape index (κ1) is 13.3. The van der Waals surface area contributed by atoms with Crippen LogP contribution in [0.4, 0.5) is 10.5 Å². The molecule has 0 aliphatic rings. The molecule has 1 heterocycles. The van der Waals surface area contributed by atoms with Crippen LogP contribution in [0.5, 0.6) is 0 Å². The number of hydrogen-bond donors (Lipinski definition) is 3. The fraction of sp³-hybridized carbons (Fsp3) is 0.0909. The van der Waals surface area contributed by atoms with Gasteiger partial charge in [0.25, 0.3) is 0 Å². The first-order chi connectivity index (χ1) is 9.06. The topological polar surface area (TPSA) is 110 Å². The highest BCUT2D eigenvalue weighted by Gasteiger charge is 2.24. The molecular weight excluding hydrogens is 270 g/mol. The standard InChI is InChI=1S/C11H12ClN5O2/c1-6-10(17(14)11(18)15-13)9(16-19-6)7-4-2-3-5-8(7)12/h2-5H,13-14H2,1H3,(H,15,18). The molecule has 100 valence electrons. The zero-order chi connectivity index (χ0) is 14.0. The van der Waals surface area contributed by atoms with Crippen molar-refractivity contribution in [3.05, 3.63) is 35.0 Å². The smallest absolute Gasteiger partial charge is 0.350 e. The third kappa shape index (κ3) is 2.39. The average Bonchev–Trinajstić information content (AvgIpc) is 2.79. The fourth-order valence-corrected chi connectivity index (χ4v) is 1.88. The zero-order valence-corrected chi connectivity index (χ0v) is 10.8. The lowest BCUT2D eigenvalue weighted by atomic mass is 10.1. The lowest BCUT2D eigenvalue weighted by molar-refractivity contribution is 0.246. The molecule has 0 radical (unpaired) electrons. The van der Waals surface area contributed by atoms with Crippen molar-refractivity contribution in [3.63, 3.8) is 0 Å². The second-order valence-electron chi connectivity index (χ2n) is 3.74. The van der Waals surface area contributed by atoms with E-state index in [0.717, 1.165) is 5.01 Å². The summed E-state index contributed by atoms with van der Waals surface area (Å²) in [5.41, 5.74) is 3.21. The van der Waals surface area contributed by atoms with Gasteiger partial charge in [-0.2, -0.15) is 0 Å². The molecule has 5 N–H and O–H groups in total. The van der Waals surface area contributed by atoms with E-state index in [1.54, 1.807) is 31.2 Å². The van der Waals surface area contributed by atoms with Crippen LogP contribution in [0.15, 0.2) is 28.8 Å². The molecule has 7 nitrogen and oxygen atoms in total. The van der Waals surface area contributed by atoms with Gasteiger partial charge in [0.15, 0.2) is 5.76 Å². The number of hydrazine groups is 2. The number of halogens is 1. The molecule has 0 aliphatic heterocycles. The highest BCUT2D eigenvalue weighted by atomic mass is 35.5. The number of benzene rings is 1. The number of carbonyl (C=O) groups is 1. The summed E-state index contributed by atoms with van der Waals surface area (Å²) >= 11 is 6.09. The maximum absolute atomic E-state index is 11.5. The molecule has 0 saturated heterocycles. The Balaban J connectivity index is 2.55. The van der Waals surface area contributed by atoms with Crippen LogP contribution in [0.3, 0.4) is 0 Å². The predicted molar refractivity (Wildman–Crippen MR) is 71.1 cm³/mol. The van der Waals surface area contributed by atoms with E-state index in [-0.39, 0.29) is 0 Å². The molecule has 0 bridgehead atoms. The average molecular weight is 282 g/mol. The highest BCUT2D eigenvalue weighted by molar-refractivity contribution is 6.33. The Morgan fingerprint density at radius 3 is 2.79 bits per heavy atom. The maximum Gasteiger partial charge on any atom is 0.350 e. The van der Waals surface area contributed by atoms with Crippen molar-refractivity contribution in [1.82, 2.24) is 10.6 Å². The summed E-state index contributed by atoms with van der Waals surface area (Å²) in [5.74, 6) is 11.1.